The molecule has 0 bridgehead atoms. The van der Waals surface area contributed by atoms with Crippen LogP contribution >= 0.6 is 11.8 Å². The van der Waals surface area contributed by atoms with Crippen LogP contribution in [0.5, 0.6) is 5.75 Å². The first kappa shape index (κ1) is 31.4. The molecule has 0 aliphatic carbocycles. The number of nitrogens with one attached hydrogen (secondary N) is 2. The number of thioether (sulfide) groups is 1. The highest BCUT2D eigenvalue weighted by atomic mass is 32.2. The van der Waals surface area contributed by atoms with E-state index in [0.717, 1.165) is 40.2 Å². The second-order valence-electron chi connectivity index (χ2n) is 10.9. The molecule has 0 unspecified atom stereocenters. The summed E-state index contributed by atoms with van der Waals surface area (Å²) in [6.45, 7) is 0. The van der Waals surface area contributed by atoms with Crippen molar-refractivity contribution in [2.75, 3.05) is 23.1 Å². The summed E-state index contributed by atoms with van der Waals surface area (Å²) >= 11 is 1.44. The maximum atomic E-state index is 13.7. The molecule has 0 radical (unpaired) electrons. The van der Waals surface area contributed by atoms with Gasteiger partial charge in [-0.1, -0.05) is 72.8 Å². The van der Waals surface area contributed by atoms with Gasteiger partial charge in [-0.3, -0.25) is 19.3 Å². The molecule has 2 N–H and O–H groups in total. The molecule has 5 aromatic rings. The normalized spacial score (nSPS) is 12.3. The Hall–Kier alpha value is -5.60. The lowest BCUT2D eigenvalue weighted by atomic mass is 10.0. The van der Waals surface area contributed by atoms with Crippen LogP contribution in [0.3, 0.4) is 0 Å². The van der Waals surface area contributed by atoms with Gasteiger partial charge in [0.15, 0.2) is 0 Å². The molecule has 5 aromatic carbocycles. The molecule has 0 atom stereocenters. The van der Waals surface area contributed by atoms with Gasteiger partial charge in [-0.2, -0.15) is 0 Å². The Morgan fingerprint density at radius 2 is 1.34 bits per heavy atom. The first-order valence-electron chi connectivity index (χ1n) is 15.2. The fourth-order valence-corrected chi connectivity index (χ4v) is 6.22. The van der Waals surface area contributed by atoms with Gasteiger partial charge in [0.05, 0.1) is 24.2 Å². The smallest absolute Gasteiger partial charge is 0.272 e. The van der Waals surface area contributed by atoms with E-state index in [1.165, 1.54) is 11.8 Å². The maximum absolute atomic E-state index is 13.7. The summed E-state index contributed by atoms with van der Waals surface area (Å²) in [6.07, 6.45) is 3.34. The molecule has 3 amide bonds. The Labute approximate surface area is 278 Å². The third-order valence-corrected chi connectivity index (χ3v) is 8.82. The molecular formula is C39H33N3O4S. The zero-order chi connectivity index (χ0) is 32.6. The summed E-state index contributed by atoms with van der Waals surface area (Å²) in [6, 6.07) is 39.4. The van der Waals surface area contributed by atoms with Crippen LogP contribution in [0.1, 0.15) is 27.0 Å². The standard InChI is InChI=1S/C39H33N3O4S/c1-46-36-18-10-7-15-30(36)25-33(41-38(44)29-13-3-2-4-14-29)39(45)40-31-21-23-32(24-22-31)47-26-37(43)42-34-16-8-5-11-27(34)19-20-28-12-6-9-17-35(28)42/h2-18,21-25H,19-20,26H2,1H3,(H,40,45)(H,41,44)/b33-25-. The fraction of sp³-hybridized carbons (Fsp3) is 0.103. The van der Waals surface area contributed by atoms with Crippen molar-refractivity contribution in [1.82, 2.24) is 5.32 Å². The molecule has 0 saturated carbocycles. The lowest BCUT2D eigenvalue weighted by Crippen LogP contribution is -2.30. The maximum Gasteiger partial charge on any atom is 0.272 e. The Balaban J connectivity index is 1.16. The number of carbonyl (C=O) groups excluding carboxylic acids is 3. The summed E-state index contributed by atoms with van der Waals surface area (Å²) in [5.74, 6) is -0.0994. The van der Waals surface area contributed by atoms with E-state index in [1.807, 2.05) is 71.6 Å². The number of fused-ring (bicyclic) bond motifs is 2. The van der Waals surface area contributed by atoms with E-state index in [9.17, 15) is 14.4 Å². The van der Waals surface area contributed by atoms with Gasteiger partial charge < -0.3 is 15.4 Å². The summed E-state index contributed by atoms with van der Waals surface area (Å²) < 4.78 is 5.45. The number of benzene rings is 5. The number of hydrogen-bond donors (Lipinski definition) is 2. The fourth-order valence-electron chi connectivity index (χ4n) is 5.47. The second-order valence-corrected chi connectivity index (χ2v) is 11.9. The van der Waals surface area contributed by atoms with Crippen LogP contribution in [0, 0.1) is 0 Å². The Kier molecular flexibility index (Phi) is 9.79. The van der Waals surface area contributed by atoms with E-state index in [2.05, 4.69) is 22.8 Å². The van der Waals surface area contributed by atoms with Crippen LogP contribution in [0.2, 0.25) is 0 Å². The van der Waals surface area contributed by atoms with Crippen LogP contribution in [-0.4, -0.2) is 30.6 Å². The molecule has 1 aliphatic rings. The van der Waals surface area contributed by atoms with Crippen molar-refractivity contribution in [3.8, 4) is 5.75 Å². The van der Waals surface area contributed by atoms with Gasteiger partial charge in [-0.25, -0.2) is 0 Å². The van der Waals surface area contributed by atoms with E-state index in [-0.39, 0.29) is 17.4 Å². The van der Waals surface area contributed by atoms with E-state index in [4.69, 9.17) is 4.74 Å². The number of methoxy groups -OCH3 is 1. The summed E-state index contributed by atoms with van der Waals surface area (Å²) in [5.41, 5.74) is 5.83. The van der Waals surface area contributed by atoms with Crippen molar-refractivity contribution in [1.29, 1.82) is 0 Å². The SMILES string of the molecule is COc1ccccc1/C=C(\NC(=O)c1ccccc1)C(=O)Nc1ccc(SCC(=O)N2c3ccccc3CCc3ccccc32)cc1. The molecule has 6 rings (SSSR count). The number of carbonyl (C=O) groups is 3. The molecule has 0 spiro atoms. The molecule has 1 aliphatic heterocycles. The number of aryl methyl sites for hydroxylation is 2. The van der Waals surface area contributed by atoms with E-state index in [1.54, 1.807) is 61.7 Å². The predicted molar refractivity (Wildman–Crippen MR) is 188 cm³/mol. The third-order valence-electron chi connectivity index (χ3n) is 7.82. The minimum Gasteiger partial charge on any atom is -0.496 e. The van der Waals surface area contributed by atoms with Crippen LogP contribution < -0.4 is 20.3 Å². The highest BCUT2D eigenvalue weighted by Gasteiger charge is 2.25. The summed E-state index contributed by atoms with van der Waals surface area (Å²) in [7, 11) is 1.55. The van der Waals surface area contributed by atoms with Gasteiger partial charge in [0.25, 0.3) is 11.8 Å². The van der Waals surface area contributed by atoms with Crippen LogP contribution in [-0.2, 0) is 22.4 Å². The molecule has 47 heavy (non-hydrogen) atoms. The van der Waals surface area contributed by atoms with E-state index in [0.29, 0.717) is 22.6 Å². The summed E-state index contributed by atoms with van der Waals surface area (Å²) in [4.78, 5) is 43.0. The zero-order valence-corrected chi connectivity index (χ0v) is 26.6. The van der Waals surface area contributed by atoms with Gasteiger partial charge in [-0.15, -0.1) is 11.8 Å². The quantitative estimate of drug-likeness (QED) is 0.128. The number of nitrogens with zero attached hydrogens (tertiary/aromatic N) is 1. The molecular weight excluding hydrogens is 607 g/mol. The van der Waals surface area contributed by atoms with Gasteiger partial charge in [0.1, 0.15) is 11.4 Å². The Morgan fingerprint density at radius 1 is 0.745 bits per heavy atom. The Morgan fingerprint density at radius 3 is 2.00 bits per heavy atom. The average molecular weight is 640 g/mol. The van der Waals surface area contributed by atoms with Crippen molar-refractivity contribution in [3.05, 3.63) is 155 Å². The highest BCUT2D eigenvalue weighted by molar-refractivity contribution is 8.00. The molecule has 0 fully saturated rings. The van der Waals surface area contributed by atoms with Gasteiger partial charge in [0, 0.05) is 21.7 Å². The number of para-hydroxylation sites is 3. The first-order chi connectivity index (χ1) is 23.0. The Bertz CT molecular complexity index is 1890. The monoisotopic (exact) mass is 639 g/mol. The number of anilines is 3. The van der Waals surface area contributed by atoms with Crippen LogP contribution in [0.4, 0.5) is 17.1 Å². The van der Waals surface area contributed by atoms with Crippen molar-refractivity contribution < 1.29 is 19.1 Å². The van der Waals surface area contributed by atoms with Crippen LogP contribution in [0.25, 0.3) is 6.08 Å². The van der Waals surface area contributed by atoms with Gasteiger partial charge in [-0.05, 0) is 84.6 Å². The minimum absolute atomic E-state index is 0.00513. The number of rotatable bonds is 9. The molecule has 0 aromatic heterocycles. The van der Waals surface area contributed by atoms with Crippen molar-refractivity contribution in [2.24, 2.45) is 0 Å². The highest BCUT2D eigenvalue weighted by Crippen LogP contribution is 2.37. The lowest BCUT2D eigenvalue weighted by Gasteiger charge is -2.25. The third kappa shape index (κ3) is 7.45. The predicted octanol–water partition coefficient (Wildman–Crippen LogP) is 7.66. The average Bonchev–Trinajstić information content (AvgIpc) is 3.28. The first-order valence-corrected chi connectivity index (χ1v) is 16.2. The van der Waals surface area contributed by atoms with E-state index >= 15 is 0 Å². The van der Waals surface area contributed by atoms with Gasteiger partial charge >= 0.3 is 0 Å². The van der Waals surface area contributed by atoms with Crippen molar-refractivity contribution >= 4 is 52.6 Å². The molecule has 1 heterocycles. The summed E-state index contributed by atoms with van der Waals surface area (Å²) in [5, 5.41) is 5.64. The number of hydrogen-bond acceptors (Lipinski definition) is 5. The zero-order valence-electron chi connectivity index (χ0n) is 25.8. The largest absolute Gasteiger partial charge is 0.496 e. The van der Waals surface area contributed by atoms with Gasteiger partial charge in [0.2, 0.25) is 5.91 Å². The number of amides is 3. The van der Waals surface area contributed by atoms with Crippen LogP contribution in [0.15, 0.2) is 138 Å². The molecule has 8 heteroatoms. The minimum atomic E-state index is -0.491. The number of ether oxygens (including phenoxy) is 1. The van der Waals surface area contributed by atoms with E-state index < -0.39 is 11.8 Å². The van der Waals surface area contributed by atoms with Crippen molar-refractivity contribution in [2.45, 2.75) is 17.7 Å². The molecule has 7 nitrogen and oxygen atoms in total. The molecule has 0 saturated heterocycles. The molecule has 234 valence electrons. The lowest BCUT2D eigenvalue weighted by molar-refractivity contribution is -0.115. The second kappa shape index (κ2) is 14.7. The topological polar surface area (TPSA) is 87.7 Å². The van der Waals surface area contributed by atoms with Crippen molar-refractivity contribution in [3.63, 3.8) is 0 Å².